The average Bonchev–Trinajstić information content (AvgIpc) is 3.81. The molecule has 0 aliphatic carbocycles. The summed E-state index contributed by atoms with van der Waals surface area (Å²) in [5.74, 6) is -1.05. The van der Waals surface area contributed by atoms with E-state index in [9.17, 15) is 57.9 Å². The first-order valence-electron chi connectivity index (χ1n) is 21.6. The number of fused-ring (bicyclic) bond motifs is 1. The second-order valence-corrected chi connectivity index (χ2v) is 21.3. The first-order valence-corrected chi connectivity index (χ1v) is 27.1. The van der Waals surface area contributed by atoms with E-state index >= 15 is 0 Å². The number of hydrogen-bond acceptors (Lipinski definition) is 18. The molecule has 1 saturated heterocycles. The van der Waals surface area contributed by atoms with Crippen molar-refractivity contribution in [3.63, 3.8) is 0 Å². The number of nitrogens with zero attached hydrogens (tertiary/aromatic N) is 4. The Bertz CT molecular complexity index is 2140. The summed E-state index contributed by atoms with van der Waals surface area (Å²) in [5, 5.41) is 26.6. The quantitative estimate of drug-likeness (QED) is 0.0281. The molecule has 7 atom stereocenters. The molecule has 2 aromatic heterocycles. The van der Waals surface area contributed by atoms with Crippen molar-refractivity contribution >= 4 is 69.1 Å². The molecule has 1 fully saturated rings. The summed E-state index contributed by atoms with van der Waals surface area (Å²) in [5.41, 5.74) is 4.28. The molecule has 378 valence electrons. The highest BCUT2D eigenvalue weighted by molar-refractivity contribution is 8.13. The largest absolute Gasteiger partial charge is 0.481 e. The summed E-state index contributed by atoms with van der Waals surface area (Å²) < 4.78 is 62.4. The topological polar surface area (TPSA) is 364 Å². The van der Waals surface area contributed by atoms with Crippen molar-refractivity contribution in [3.8, 4) is 0 Å². The van der Waals surface area contributed by atoms with Gasteiger partial charge in [-0.2, -0.15) is 4.31 Å². The molecule has 0 spiro atoms. The van der Waals surface area contributed by atoms with Crippen molar-refractivity contribution in [2.45, 2.75) is 122 Å². The predicted octanol–water partition coefficient (Wildman–Crippen LogP) is 4.25. The maximum Gasteiger partial charge on any atom is 0.481 e. The van der Waals surface area contributed by atoms with Gasteiger partial charge in [-0.1, -0.05) is 101 Å². The van der Waals surface area contributed by atoms with Crippen LogP contribution in [0.1, 0.15) is 97.6 Å². The molecular weight excluding hydrogens is 963 g/mol. The molecule has 0 saturated carbocycles. The summed E-state index contributed by atoms with van der Waals surface area (Å²) in [6.45, 7) is 2.65. The molecule has 1 aliphatic heterocycles. The van der Waals surface area contributed by atoms with Gasteiger partial charge in [-0.05, 0) is 25.7 Å². The van der Waals surface area contributed by atoms with E-state index in [1.165, 1.54) is 26.7 Å². The molecule has 3 rings (SSSR count). The zero-order valence-electron chi connectivity index (χ0n) is 37.6. The number of amides is 2. The third-order valence-corrected chi connectivity index (χ3v) is 13.9. The number of phosphoric ester groups is 3. The zero-order valence-corrected chi connectivity index (χ0v) is 41.1. The smallest absolute Gasteiger partial charge is 0.386 e. The summed E-state index contributed by atoms with van der Waals surface area (Å²) in [4.78, 5) is 88.3. The van der Waals surface area contributed by atoms with Gasteiger partial charge in [0.25, 0.3) is 0 Å². The molecule has 1 aliphatic rings. The average molecular weight is 1030 g/mol. The highest BCUT2D eigenvalue weighted by Gasteiger charge is 2.50. The Kier molecular flexibility index (Phi) is 24.7. The van der Waals surface area contributed by atoms with Crippen molar-refractivity contribution in [2.75, 3.05) is 37.8 Å². The number of unbranched alkanes of at least 4 members (excludes halogenated alkanes) is 7. The van der Waals surface area contributed by atoms with Gasteiger partial charge in [-0.3, -0.25) is 32.5 Å². The maximum atomic E-state index is 12.7. The Morgan fingerprint density at radius 3 is 2.25 bits per heavy atom. The fraction of sp³-hybridized carbons (Fsp3) is 0.641. The van der Waals surface area contributed by atoms with Crippen LogP contribution >= 0.6 is 35.2 Å². The first kappa shape index (κ1) is 58.1. The van der Waals surface area contributed by atoms with Gasteiger partial charge in [0, 0.05) is 37.1 Å². The van der Waals surface area contributed by atoms with E-state index in [0.717, 1.165) is 73.9 Å². The second kappa shape index (κ2) is 28.4. The fourth-order valence-corrected chi connectivity index (χ4v) is 9.85. The monoisotopic (exact) mass is 1030 g/mol. The van der Waals surface area contributed by atoms with Crippen LogP contribution in [-0.2, 0) is 50.7 Å². The van der Waals surface area contributed by atoms with Crippen LogP contribution in [0.5, 0.6) is 0 Å². The fourth-order valence-electron chi connectivity index (χ4n) is 6.30. The van der Waals surface area contributed by atoms with E-state index in [-0.39, 0.29) is 41.6 Å². The summed E-state index contributed by atoms with van der Waals surface area (Å²) in [6.07, 6.45) is 15.7. The molecule has 3 heterocycles. The van der Waals surface area contributed by atoms with Gasteiger partial charge in [0.15, 0.2) is 22.8 Å². The number of rotatable bonds is 32. The molecular formula is C39H64N7O17P3S. The lowest BCUT2D eigenvalue weighted by atomic mass is 9.87. The van der Waals surface area contributed by atoms with Gasteiger partial charge in [0.2, 0.25) is 11.8 Å². The molecule has 28 heteroatoms. The number of aliphatic hydroxyl groups excluding tert-OH is 2. The minimum Gasteiger partial charge on any atom is -0.386 e. The van der Waals surface area contributed by atoms with Gasteiger partial charge >= 0.3 is 23.5 Å². The Balaban J connectivity index is 1.31. The van der Waals surface area contributed by atoms with E-state index in [1.807, 2.05) is 18.2 Å². The van der Waals surface area contributed by atoms with Crippen molar-refractivity contribution in [1.82, 2.24) is 30.2 Å². The van der Waals surface area contributed by atoms with Gasteiger partial charge in [0.1, 0.15) is 36.3 Å². The van der Waals surface area contributed by atoms with Crippen molar-refractivity contribution < 1.29 is 80.5 Å². The third-order valence-electron chi connectivity index (χ3n) is 9.86. The lowest BCUT2D eigenvalue weighted by molar-refractivity contribution is -0.137. The van der Waals surface area contributed by atoms with Crippen LogP contribution in [0.3, 0.4) is 0 Å². The molecule has 0 radical (unpaired) electrons. The number of hydrogen-bond donors (Lipinski definition) is 9. The van der Waals surface area contributed by atoms with Gasteiger partial charge in [-0.25, -0.2) is 28.6 Å². The molecule has 10 N–H and O–H groups in total. The van der Waals surface area contributed by atoms with E-state index in [4.69, 9.17) is 19.5 Å². The molecule has 2 amide bonds. The lowest BCUT2D eigenvalue weighted by Gasteiger charge is -2.30. The van der Waals surface area contributed by atoms with Crippen LogP contribution in [0.2, 0.25) is 0 Å². The zero-order chi connectivity index (χ0) is 49.7. The van der Waals surface area contributed by atoms with Crippen molar-refractivity contribution in [1.29, 1.82) is 0 Å². The van der Waals surface area contributed by atoms with E-state index in [2.05, 4.69) is 59.6 Å². The molecule has 0 bridgehead atoms. The van der Waals surface area contributed by atoms with Crippen LogP contribution in [-0.4, -0.2) is 123 Å². The highest BCUT2D eigenvalue weighted by Crippen LogP contribution is 2.61. The van der Waals surface area contributed by atoms with Crippen molar-refractivity contribution in [3.05, 3.63) is 49.1 Å². The molecule has 24 nitrogen and oxygen atoms in total. The van der Waals surface area contributed by atoms with Gasteiger partial charge in [0.05, 0.1) is 19.5 Å². The normalized spacial score (nSPS) is 20.4. The number of carbonyl (C=O) groups excluding carboxylic acids is 3. The highest BCUT2D eigenvalue weighted by atomic mass is 32.2. The minimum atomic E-state index is -5.58. The van der Waals surface area contributed by atoms with Gasteiger partial charge < -0.3 is 50.9 Å². The van der Waals surface area contributed by atoms with Crippen molar-refractivity contribution in [2.24, 2.45) is 5.41 Å². The van der Waals surface area contributed by atoms with Crippen LogP contribution < -0.4 is 16.4 Å². The van der Waals surface area contributed by atoms with E-state index in [0.29, 0.717) is 12.2 Å². The number of anilines is 1. The van der Waals surface area contributed by atoms with E-state index < -0.39 is 84.6 Å². The minimum absolute atomic E-state index is 0.0317. The number of nitrogens with two attached hydrogens (primary N) is 1. The van der Waals surface area contributed by atoms with Crippen LogP contribution in [0.25, 0.3) is 11.2 Å². The number of phosphoric acid groups is 3. The second-order valence-electron chi connectivity index (χ2n) is 16.0. The Labute approximate surface area is 393 Å². The Morgan fingerprint density at radius 2 is 1.57 bits per heavy atom. The lowest BCUT2D eigenvalue weighted by Crippen LogP contribution is -2.46. The number of aliphatic hydroxyl groups is 2. The number of carbonyl (C=O) groups is 3. The third kappa shape index (κ3) is 21.5. The van der Waals surface area contributed by atoms with Crippen LogP contribution in [0, 0.1) is 5.41 Å². The van der Waals surface area contributed by atoms with Crippen LogP contribution in [0.15, 0.2) is 49.1 Å². The summed E-state index contributed by atoms with van der Waals surface area (Å²) in [6, 6.07) is 0. The Hall–Kier alpha value is -3.22. The molecule has 2 aromatic rings. The predicted molar refractivity (Wildman–Crippen MR) is 246 cm³/mol. The number of nitrogen functional groups attached to an aromatic ring is 1. The summed E-state index contributed by atoms with van der Waals surface area (Å²) in [7, 11) is -16.4. The number of aromatic nitrogens is 4. The maximum absolute atomic E-state index is 12.7. The molecule has 67 heavy (non-hydrogen) atoms. The number of thioether (sulfide) groups is 1. The number of ether oxygens (including phenoxy) is 1. The first-order chi connectivity index (χ1) is 31.6. The molecule has 0 aromatic carbocycles. The van der Waals surface area contributed by atoms with Crippen LogP contribution in [0.4, 0.5) is 5.82 Å². The number of imidazole rings is 1. The number of nitrogens with one attached hydrogen (secondary N) is 2. The molecule has 7 unspecified atom stereocenters. The number of allylic oxidation sites excluding steroid dienone is 6. The SMILES string of the molecule is CC\C=C/C=C/C=C/CCCCCCCCCC(=O)SCCNC(=O)CCNC(=O)C(O)C(C)(C)COP(=O)(O)OP(=O)(O)OCC1OC(n2cnc3c(N)ncnc32)C(O)C1OP(=O)(O)O. The Morgan fingerprint density at radius 1 is 0.910 bits per heavy atom. The standard InChI is InChI=1S/C39H64N7O17P3S/c1-4-5-6-7-8-9-10-11-12-13-14-15-16-17-18-19-30(48)67-23-22-41-29(47)20-21-42-37(51)34(50)39(2,3)25-60-66(57,58)63-65(55,56)59-24-28-33(62-64(52,53)54)32(49)38(61-28)46-27-45-31-35(40)43-26-44-36(31)46/h5-10,26-28,32-34,38,49-50H,4,11-25H2,1-3H3,(H,41,47)(H,42,51)(H,55,56)(H,57,58)(H2,40,43,44)(H2,52,53,54)/b6-5-,8-7+,10-9+. The van der Waals surface area contributed by atoms with E-state index in [1.54, 1.807) is 0 Å². The summed E-state index contributed by atoms with van der Waals surface area (Å²) >= 11 is 1.14. The van der Waals surface area contributed by atoms with Gasteiger partial charge in [-0.15, -0.1) is 0 Å².